The summed E-state index contributed by atoms with van der Waals surface area (Å²) in [6, 6.07) is 12.8. The monoisotopic (exact) mass is 496 g/mol. The van der Waals surface area contributed by atoms with Crippen LogP contribution in [0.4, 0.5) is 0 Å². The summed E-state index contributed by atoms with van der Waals surface area (Å²) in [6.07, 6.45) is 3.20. The first-order valence-electron chi connectivity index (χ1n) is 11.2. The molecule has 1 N–H and O–H groups in total. The van der Waals surface area contributed by atoms with Crippen LogP contribution in [0.5, 0.6) is 5.75 Å². The number of nitrogens with zero attached hydrogens (tertiary/aromatic N) is 1. The van der Waals surface area contributed by atoms with Gasteiger partial charge in [-0.1, -0.05) is 30.3 Å². The average molecular weight is 497 g/mol. The van der Waals surface area contributed by atoms with Crippen LogP contribution in [0, 0.1) is 0 Å². The minimum atomic E-state index is -0.573. The van der Waals surface area contributed by atoms with E-state index < -0.39 is 5.60 Å². The highest BCUT2D eigenvalue weighted by molar-refractivity contribution is 9.10. The van der Waals surface area contributed by atoms with Crippen molar-refractivity contribution in [1.82, 2.24) is 9.88 Å². The highest BCUT2D eigenvalue weighted by atomic mass is 79.9. The lowest BCUT2D eigenvalue weighted by Crippen LogP contribution is -2.32. The lowest BCUT2D eigenvalue weighted by molar-refractivity contribution is 0.00707. The van der Waals surface area contributed by atoms with Crippen molar-refractivity contribution in [3.63, 3.8) is 0 Å². The Labute approximate surface area is 197 Å². The Morgan fingerprint density at radius 3 is 2.69 bits per heavy atom. The smallest absolute Gasteiger partial charge is 0.340 e. The fourth-order valence-corrected chi connectivity index (χ4v) is 5.68. The third kappa shape index (κ3) is 3.73. The summed E-state index contributed by atoms with van der Waals surface area (Å²) >= 11 is 3.68. The molecule has 2 bridgehead atoms. The van der Waals surface area contributed by atoms with Crippen molar-refractivity contribution in [1.29, 1.82) is 0 Å². The number of fused-ring (bicyclic) bond motifs is 6. The quantitative estimate of drug-likeness (QED) is 0.462. The van der Waals surface area contributed by atoms with Gasteiger partial charge in [-0.25, -0.2) is 4.79 Å². The molecule has 0 aliphatic carbocycles. The number of hydrogen-bond donors (Lipinski definition) is 1. The molecule has 1 fully saturated rings. The predicted octanol–water partition coefficient (Wildman–Crippen LogP) is 5.82. The first-order valence-corrected chi connectivity index (χ1v) is 12.0. The number of carbonyl (C=O) groups is 1. The molecule has 0 saturated carbocycles. The number of benzene rings is 2. The SMILES string of the molecule is Cn1c2c(c3c(C(=O)OC(C)(C)C)c(Br)cc(OCc4ccccc4)c31)C1CCC(C2)N1. The number of nitrogens with one attached hydrogen (secondary N) is 1. The molecule has 3 heterocycles. The van der Waals surface area contributed by atoms with Crippen molar-refractivity contribution in [3.05, 3.63) is 63.3 Å². The molecule has 6 heteroatoms. The van der Waals surface area contributed by atoms with Gasteiger partial charge in [0, 0.05) is 41.1 Å². The van der Waals surface area contributed by atoms with Gasteiger partial charge in [0.25, 0.3) is 0 Å². The molecule has 2 aromatic carbocycles. The Bertz CT molecular complexity index is 1190. The molecule has 2 aliphatic rings. The second-order valence-corrected chi connectivity index (χ2v) is 10.7. The van der Waals surface area contributed by atoms with Gasteiger partial charge in [0.05, 0.1) is 11.1 Å². The third-order valence-electron chi connectivity index (χ3n) is 6.41. The highest BCUT2D eigenvalue weighted by Crippen LogP contribution is 2.47. The molecule has 1 saturated heterocycles. The minimum Gasteiger partial charge on any atom is -0.487 e. The zero-order valence-electron chi connectivity index (χ0n) is 19.0. The van der Waals surface area contributed by atoms with Gasteiger partial charge in [0.15, 0.2) is 0 Å². The van der Waals surface area contributed by atoms with Gasteiger partial charge in [-0.2, -0.15) is 0 Å². The van der Waals surface area contributed by atoms with E-state index >= 15 is 0 Å². The molecule has 0 spiro atoms. The Balaban J connectivity index is 1.69. The molecule has 5 rings (SSSR count). The van der Waals surface area contributed by atoms with Crippen molar-refractivity contribution in [3.8, 4) is 5.75 Å². The number of esters is 1. The number of ether oxygens (including phenoxy) is 2. The van der Waals surface area contributed by atoms with Crippen LogP contribution >= 0.6 is 15.9 Å². The lowest BCUT2D eigenvalue weighted by Gasteiger charge is -2.24. The van der Waals surface area contributed by atoms with Crippen LogP contribution < -0.4 is 10.1 Å². The van der Waals surface area contributed by atoms with Crippen LogP contribution in [-0.4, -0.2) is 22.2 Å². The number of hydrogen-bond acceptors (Lipinski definition) is 4. The van der Waals surface area contributed by atoms with Crippen molar-refractivity contribution < 1.29 is 14.3 Å². The summed E-state index contributed by atoms with van der Waals surface area (Å²) in [5.74, 6) is 0.466. The van der Waals surface area contributed by atoms with Crippen molar-refractivity contribution >= 4 is 32.8 Å². The molecule has 0 amide bonds. The number of rotatable bonds is 4. The summed E-state index contributed by atoms with van der Waals surface area (Å²) in [5.41, 5.74) is 4.60. The highest BCUT2D eigenvalue weighted by Gasteiger charge is 2.39. The molecule has 5 nitrogen and oxygen atoms in total. The molecule has 2 aliphatic heterocycles. The topological polar surface area (TPSA) is 52.5 Å². The van der Waals surface area contributed by atoms with Crippen LogP contribution in [0.3, 0.4) is 0 Å². The summed E-state index contributed by atoms with van der Waals surface area (Å²) in [6.45, 7) is 6.17. The van der Waals surface area contributed by atoms with Crippen molar-refractivity contribution in [2.45, 2.75) is 64.3 Å². The molecule has 32 heavy (non-hydrogen) atoms. The van der Waals surface area contributed by atoms with Crippen LogP contribution in [0.2, 0.25) is 0 Å². The number of carbonyl (C=O) groups excluding carboxylic acids is 1. The van der Waals surface area contributed by atoms with Crippen LogP contribution in [0.1, 0.15) is 66.8 Å². The largest absolute Gasteiger partial charge is 0.487 e. The summed E-state index contributed by atoms with van der Waals surface area (Å²) < 4.78 is 15.1. The third-order valence-corrected chi connectivity index (χ3v) is 7.03. The molecule has 168 valence electrons. The van der Waals surface area contributed by atoms with E-state index in [1.165, 1.54) is 11.3 Å². The first-order chi connectivity index (χ1) is 15.2. The van der Waals surface area contributed by atoms with Crippen LogP contribution in [-0.2, 0) is 24.8 Å². The van der Waals surface area contributed by atoms with Gasteiger partial charge < -0.3 is 19.4 Å². The zero-order chi connectivity index (χ0) is 22.6. The van der Waals surface area contributed by atoms with Gasteiger partial charge in [-0.05, 0) is 66.7 Å². The van der Waals surface area contributed by atoms with Gasteiger partial charge in [-0.15, -0.1) is 0 Å². The second kappa shape index (κ2) is 7.92. The molecule has 0 radical (unpaired) electrons. The molecular formula is C26H29BrN2O3. The fraction of sp³-hybridized carbons (Fsp3) is 0.423. The number of aromatic nitrogens is 1. The predicted molar refractivity (Wildman–Crippen MR) is 129 cm³/mol. The second-order valence-electron chi connectivity index (χ2n) is 9.85. The van der Waals surface area contributed by atoms with E-state index in [2.05, 4.69) is 45.0 Å². The van der Waals surface area contributed by atoms with Crippen molar-refractivity contribution in [2.75, 3.05) is 0 Å². The molecule has 2 atom stereocenters. The van der Waals surface area contributed by atoms with Crippen molar-refractivity contribution in [2.24, 2.45) is 7.05 Å². The normalized spacial score (nSPS) is 19.8. The van der Waals surface area contributed by atoms with Gasteiger partial charge >= 0.3 is 5.97 Å². The number of aryl methyl sites for hydroxylation is 1. The standard InChI is InChI=1S/C26H29BrN2O3/c1-26(2,3)32-25(30)21-17(27)13-20(31-14-15-8-6-5-7-9-15)24-23(21)22-18-11-10-16(28-18)12-19(22)29(24)4/h5-9,13,16,18,28H,10-12,14H2,1-4H3. The molecular weight excluding hydrogens is 468 g/mol. The van der Waals surface area contributed by atoms with E-state index in [0.29, 0.717) is 22.7 Å². The van der Waals surface area contributed by atoms with E-state index in [4.69, 9.17) is 9.47 Å². The minimum absolute atomic E-state index is 0.255. The lowest BCUT2D eigenvalue weighted by atomic mass is 9.96. The van der Waals surface area contributed by atoms with Gasteiger partial charge in [0.1, 0.15) is 18.0 Å². The summed E-state index contributed by atoms with van der Waals surface area (Å²) in [7, 11) is 2.09. The van der Waals surface area contributed by atoms with E-state index in [-0.39, 0.29) is 12.0 Å². The summed E-state index contributed by atoms with van der Waals surface area (Å²) in [5, 5.41) is 4.69. The van der Waals surface area contributed by atoms with E-state index in [1.807, 2.05) is 45.0 Å². The Morgan fingerprint density at radius 2 is 1.97 bits per heavy atom. The maximum Gasteiger partial charge on any atom is 0.340 e. The maximum absolute atomic E-state index is 13.4. The average Bonchev–Trinajstić information content (AvgIpc) is 3.24. The Hall–Kier alpha value is -2.31. The van der Waals surface area contributed by atoms with E-state index in [1.54, 1.807) is 0 Å². The van der Waals surface area contributed by atoms with Gasteiger partial charge in [-0.3, -0.25) is 0 Å². The first kappa shape index (κ1) is 21.5. The fourth-order valence-electron chi connectivity index (χ4n) is 5.11. The molecule has 1 aromatic heterocycles. The van der Waals surface area contributed by atoms with E-state index in [0.717, 1.165) is 41.5 Å². The molecule has 2 unspecified atom stereocenters. The Kier molecular flexibility index (Phi) is 5.33. The summed E-state index contributed by atoms with van der Waals surface area (Å²) in [4.78, 5) is 13.4. The van der Waals surface area contributed by atoms with E-state index in [9.17, 15) is 4.79 Å². The molecule has 3 aromatic rings. The Morgan fingerprint density at radius 1 is 1.22 bits per heavy atom. The number of halogens is 1. The maximum atomic E-state index is 13.4. The van der Waals surface area contributed by atoms with Crippen LogP contribution in [0.15, 0.2) is 40.9 Å². The van der Waals surface area contributed by atoms with Crippen LogP contribution in [0.25, 0.3) is 10.9 Å². The van der Waals surface area contributed by atoms with Gasteiger partial charge in [0.2, 0.25) is 0 Å². The zero-order valence-corrected chi connectivity index (χ0v) is 20.6.